The van der Waals surface area contributed by atoms with Crippen LogP contribution in [0.2, 0.25) is 19.6 Å². The van der Waals surface area contributed by atoms with Crippen LogP contribution in [0.25, 0.3) is 0 Å². The van der Waals surface area contributed by atoms with Gasteiger partial charge in [-0.25, -0.2) is 0 Å². The summed E-state index contributed by atoms with van der Waals surface area (Å²) in [7, 11) is -0.0360. The summed E-state index contributed by atoms with van der Waals surface area (Å²) < 4.78 is 4.69. The zero-order valence-electron chi connectivity index (χ0n) is 12.3. The molecule has 0 saturated heterocycles. The normalized spacial score (nSPS) is 10.6. The molecule has 0 aromatic heterocycles. The number of rotatable bonds is 2. The van der Waals surface area contributed by atoms with Gasteiger partial charge in [-0.15, -0.1) is 5.54 Å². The van der Waals surface area contributed by atoms with E-state index in [0.717, 1.165) is 16.7 Å². The molecule has 19 heavy (non-hydrogen) atoms. The molecule has 4 heteroatoms. The Morgan fingerprint density at radius 1 is 1.37 bits per heavy atom. The molecule has 0 atom stereocenters. The van der Waals surface area contributed by atoms with Crippen LogP contribution in [0, 0.1) is 18.4 Å². The number of nitrogens with two attached hydrogens (primary N) is 1. The van der Waals surface area contributed by atoms with Crippen molar-refractivity contribution < 1.29 is 9.53 Å². The second-order valence-corrected chi connectivity index (χ2v) is 10.4. The molecule has 1 aromatic carbocycles. The van der Waals surface area contributed by atoms with Crippen LogP contribution >= 0.6 is 0 Å². The lowest BCUT2D eigenvalue weighted by atomic mass is 10.0. The third kappa shape index (κ3) is 4.80. The number of carbonyl (C=O) groups is 1. The van der Waals surface area contributed by atoms with E-state index in [4.69, 9.17) is 10.5 Å². The van der Waals surface area contributed by atoms with Crippen molar-refractivity contribution in [2.75, 3.05) is 12.8 Å². The van der Waals surface area contributed by atoms with Gasteiger partial charge in [0.25, 0.3) is 0 Å². The van der Waals surface area contributed by atoms with Crippen molar-refractivity contribution >= 4 is 19.7 Å². The first-order valence-electron chi connectivity index (χ1n) is 6.22. The molecule has 0 spiro atoms. The molecule has 1 rings (SSSR count). The monoisotopic (exact) mass is 275 g/mol. The first-order valence-corrected chi connectivity index (χ1v) is 9.72. The molecule has 102 valence electrons. The molecule has 0 bridgehead atoms. The van der Waals surface area contributed by atoms with Crippen LogP contribution in [0.15, 0.2) is 12.1 Å². The van der Waals surface area contributed by atoms with Gasteiger partial charge in [-0.2, -0.15) is 0 Å². The number of nitrogen functional groups attached to an aromatic ring is 1. The van der Waals surface area contributed by atoms with E-state index in [1.165, 1.54) is 7.11 Å². The lowest BCUT2D eigenvalue weighted by Crippen LogP contribution is -2.16. The fourth-order valence-corrected chi connectivity index (χ4v) is 2.06. The van der Waals surface area contributed by atoms with Gasteiger partial charge in [-0.1, -0.05) is 25.6 Å². The summed E-state index contributed by atoms with van der Waals surface area (Å²) in [6.45, 7) is 8.47. The number of benzene rings is 1. The number of carbonyl (C=O) groups excluding carboxylic acids is 1. The van der Waals surface area contributed by atoms with E-state index >= 15 is 0 Å². The molecule has 0 unspecified atom stereocenters. The summed E-state index contributed by atoms with van der Waals surface area (Å²) >= 11 is 0. The molecule has 2 N–H and O–H groups in total. The van der Waals surface area contributed by atoms with Crippen LogP contribution in [0.1, 0.15) is 16.7 Å². The van der Waals surface area contributed by atoms with Crippen molar-refractivity contribution in [3.8, 4) is 11.5 Å². The van der Waals surface area contributed by atoms with Gasteiger partial charge in [-0.3, -0.25) is 4.79 Å². The van der Waals surface area contributed by atoms with Crippen LogP contribution in [0.3, 0.4) is 0 Å². The minimum atomic E-state index is -1.42. The third-order valence-electron chi connectivity index (χ3n) is 2.70. The third-order valence-corrected chi connectivity index (χ3v) is 3.57. The lowest BCUT2D eigenvalue weighted by molar-refractivity contribution is -0.139. The minimum Gasteiger partial charge on any atom is -0.469 e. The molecule has 0 aliphatic heterocycles. The largest absolute Gasteiger partial charge is 0.469 e. The van der Waals surface area contributed by atoms with E-state index in [2.05, 4.69) is 31.1 Å². The van der Waals surface area contributed by atoms with Gasteiger partial charge in [0.1, 0.15) is 8.07 Å². The predicted octanol–water partition coefficient (Wildman–Crippen LogP) is 2.52. The molecule has 3 nitrogen and oxygen atoms in total. The maximum absolute atomic E-state index is 11.4. The SMILES string of the molecule is COC(=O)Cc1cc(C#C[Si](C)(C)C)cc(N)c1C. The van der Waals surface area contributed by atoms with Crippen molar-refractivity contribution in [2.45, 2.75) is 33.0 Å². The number of methoxy groups -OCH3 is 1. The maximum Gasteiger partial charge on any atom is 0.309 e. The highest BCUT2D eigenvalue weighted by Crippen LogP contribution is 2.19. The van der Waals surface area contributed by atoms with E-state index in [9.17, 15) is 4.79 Å². The second kappa shape index (κ2) is 5.94. The van der Waals surface area contributed by atoms with Crippen molar-refractivity contribution in [1.29, 1.82) is 0 Å². The summed E-state index contributed by atoms with van der Waals surface area (Å²) in [5.74, 6) is 2.90. The summed E-state index contributed by atoms with van der Waals surface area (Å²) in [4.78, 5) is 11.4. The highest BCUT2D eigenvalue weighted by atomic mass is 28.3. The van der Waals surface area contributed by atoms with Gasteiger partial charge in [0.2, 0.25) is 0 Å². The first kappa shape index (κ1) is 15.3. The van der Waals surface area contributed by atoms with Gasteiger partial charge >= 0.3 is 5.97 Å². The molecular formula is C15H21NO2Si. The van der Waals surface area contributed by atoms with Crippen LogP contribution in [-0.2, 0) is 16.0 Å². The molecule has 0 amide bonds. The molecule has 0 heterocycles. The molecule has 0 aliphatic carbocycles. The summed E-state index contributed by atoms with van der Waals surface area (Å²) in [6, 6.07) is 3.79. The van der Waals surface area contributed by atoms with Crippen molar-refractivity contribution in [3.63, 3.8) is 0 Å². The van der Waals surface area contributed by atoms with Gasteiger partial charge in [-0.05, 0) is 30.2 Å². The molecule has 1 aromatic rings. The minimum absolute atomic E-state index is 0.231. The van der Waals surface area contributed by atoms with Crippen LogP contribution in [-0.4, -0.2) is 21.2 Å². The van der Waals surface area contributed by atoms with Crippen molar-refractivity contribution in [2.24, 2.45) is 0 Å². The number of ether oxygens (including phenoxy) is 1. The van der Waals surface area contributed by atoms with E-state index in [1.807, 2.05) is 19.1 Å². The molecule has 0 fully saturated rings. The molecular weight excluding hydrogens is 254 g/mol. The van der Waals surface area contributed by atoms with Gasteiger partial charge in [0, 0.05) is 11.3 Å². The smallest absolute Gasteiger partial charge is 0.309 e. The van der Waals surface area contributed by atoms with Gasteiger partial charge in [0.05, 0.1) is 13.5 Å². The zero-order valence-corrected chi connectivity index (χ0v) is 13.3. The van der Waals surface area contributed by atoms with Gasteiger partial charge in [0.15, 0.2) is 0 Å². The average Bonchev–Trinajstić information content (AvgIpc) is 2.31. The number of hydrogen-bond acceptors (Lipinski definition) is 3. The quantitative estimate of drug-likeness (QED) is 0.390. The fraction of sp³-hybridized carbons (Fsp3) is 0.400. The van der Waals surface area contributed by atoms with Crippen LogP contribution in [0.4, 0.5) is 5.69 Å². The zero-order chi connectivity index (χ0) is 14.6. The van der Waals surface area contributed by atoms with Crippen LogP contribution in [0.5, 0.6) is 0 Å². The van der Waals surface area contributed by atoms with E-state index in [0.29, 0.717) is 5.69 Å². The number of hydrogen-bond donors (Lipinski definition) is 1. The first-order chi connectivity index (χ1) is 8.73. The Hall–Kier alpha value is -1.73. The predicted molar refractivity (Wildman–Crippen MR) is 81.5 cm³/mol. The molecule has 0 aliphatic rings. The summed E-state index contributed by atoms with van der Waals surface area (Å²) in [5, 5.41) is 0. The highest BCUT2D eigenvalue weighted by molar-refractivity contribution is 6.83. The Bertz CT molecular complexity index is 548. The lowest BCUT2D eigenvalue weighted by Gasteiger charge is -2.09. The highest BCUT2D eigenvalue weighted by Gasteiger charge is 2.10. The Kier molecular flexibility index (Phi) is 4.79. The van der Waals surface area contributed by atoms with Crippen molar-refractivity contribution in [1.82, 2.24) is 0 Å². The fourth-order valence-electron chi connectivity index (χ4n) is 1.54. The van der Waals surface area contributed by atoms with Crippen molar-refractivity contribution in [3.05, 3.63) is 28.8 Å². The second-order valence-electron chi connectivity index (χ2n) is 5.60. The summed E-state index contributed by atoms with van der Waals surface area (Å²) in [5.41, 5.74) is 12.6. The Morgan fingerprint density at radius 2 is 2.00 bits per heavy atom. The molecule has 0 saturated carbocycles. The number of esters is 1. The van der Waals surface area contributed by atoms with Crippen LogP contribution < -0.4 is 5.73 Å². The Morgan fingerprint density at radius 3 is 2.53 bits per heavy atom. The van der Waals surface area contributed by atoms with E-state index in [1.54, 1.807) is 0 Å². The topological polar surface area (TPSA) is 52.3 Å². The number of anilines is 1. The Balaban J connectivity index is 3.15. The molecule has 0 radical (unpaired) electrons. The van der Waals surface area contributed by atoms with E-state index < -0.39 is 8.07 Å². The average molecular weight is 275 g/mol. The standard InChI is InChI=1S/C15H21NO2Si/c1-11-13(10-15(17)18-2)8-12(9-14(11)16)6-7-19(3,4)5/h8-9H,10,16H2,1-5H3. The maximum atomic E-state index is 11.4. The van der Waals surface area contributed by atoms with E-state index in [-0.39, 0.29) is 12.4 Å². The Labute approximate surface area is 116 Å². The summed E-state index contributed by atoms with van der Waals surface area (Å²) in [6.07, 6.45) is 0.231. The van der Waals surface area contributed by atoms with Gasteiger partial charge < -0.3 is 10.5 Å².